The van der Waals surface area contributed by atoms with Crippen molar-refractivity contribution in [1.82, 2.24) is 4.90 Å². The second-order valence-corrected chi connectivity index (χ2v) is 4.16. The quantitative estimate of drug-likeness (QED) is 0.715. The average molecular weight is 229 g/mol. The normalized spacial score (nSPS) is 17.9. The first-order chi connectivity index (χ1) is 7.54. The lowest BCUT2D eigenvalue weighted by Crippen LogP contribution is -2.35. The molecule has 0 unspecified atom stereocenters. The van der Waals surface area contributed by atoms with Gasteiger partial charge in [-0.1, -0.05) is 24.3 Å². The molecule has 1 aliphatic heterocycles. The summed E-state index contributed by atoms with van der Waals surface area (Å²) in [6.45, 7) is 0.202. The number of alkyl halides is 3. The summed E-state index contributed by atoms with van der Waals surface area (Å²) in [6, 6.07) is 7.90. The van der Waals surface area contributed by atoms with Crippen molar-refractivity contribution < 1.29 is 13.2 Å². The third-order valence-corrected chi connectivity index (χ3v) is 2.92. The largest absolute Gasteiger partial charge is 0.401 e. The van der Waals surface area contributed by atoms with Crippen LogP contribution in [0.15, 0.2) is 24.3 Å². The van der Waals surface area contributed by atoms with Crippen molar-refractivity contribution in [3.05, 3.63) is 35.4 Å². The third-order valence-electron chi connectivity index (χ3n) is 2.92. The van der Waals surface area contributed by atoms with Gasteiger partial charge in [0.25, 0.3) is 0 Å². The molecular formula is C12H14F3N. The van der Waals surface area contributed by atoms with Crippen LogP contribution in [-0.2, 0) is 12.8 Å². The van der Waals surface area contributed by atoms with E-state index in [1.807, 2.05) is 24.3 Å². The molecule has 16 heavy (non-hydrogen) atoms. The number of rotatable bonds is 1. The molecular weight excluding hydrogens is 215 g/mol. The van der Waals surface area contributed by atoms with Crippen LogP contribution >= 0.6 is 0 Å². The van der Waals surface area contributed by atoms with Crippen molar-refractivity contribution in [3.63, 3.8) is 0 Å². The summed E-state index contributed by atoms with van der Waals surface area (Å²) >= 11 is 0. The minimum absolute atomic E-state index is 0.497. The Morgan fingerprint density at radius 3 is 1.94 bits per heavy atom. The van der Waals surface area contributed by atoms with Crippen molar-refractivity contribution in [3.8, 4) is 0 Å². The highest BCUT2D eigenvalue weighted by atomic mass is 19.4. The first-order valence-electron chi connectivity index (χ1n) is 5.40. The Balaban J connectivity index is 2.02. The van der Waals surface area contributed by atoms with E-state index in [0.29, 0.717) is 25.9 Å². The van der Waals surface area contributed by atoms with Gasteiger partial charge in [0, 0.05) is 13.1 Å². The Morgan fingerprint density at radius 2 is 1.50 bits per heavy atom. The molecule has 1 aromatic carbocycles. The van der Waals surface area contributed by atoms with Gasteiger partial charge in [0.2, 0.25) is 0 Å². The molecule has 0 saturated carbocycles. The minimum Gasteiger partial charge on any atom is -0.294 e. The number of hydrogen-bond donors (Lipinski definition) is 0. The number of nitrogens with zero attached hydrogens (tertiary/aromatic N) is 1. The third kappa shape index (κ3) is 2.98. The highest BCUT2D eigenvalue weighted by Gasteiger charge is 2.31. The maximum absolute atomic E-state index is 12.3. The topological polar surface area (TPSA) is 3.24 Å². The smallest absolute Gasteiger partial charge is 0.294 e. The Hall–Kier alpha value is -1.03. The van der Waals surface area contributed by atoms with Crippen LogP contribution in [0.2, 0.25) is 0 Å². The van der Waals surface area contributed by atoms with E-state index in [2.05, 4.69) is 0 Å². The lowest BCUT2D eigenvalue weighted by molar-refractivity contribution is -0.145. The molecule has 1 aromatic rings. The summed E-state index contributed by atoms with van der Waals surface area (Å²) in [5.74, 6) is 0. The zero-order chi connectivity index (χ0) is 11.6. The number of benzene rings is 1. The fourth-order valence-corrected chi connectivity index (χ4v) is 2.13. The molecule has 0 aliphatic carbocycles. The van der Waals surface area contributed by atoms with E-state index in [0.717, 1.165) is 0 Å². The van der Waals surface area contributed by atoms with E-state index < -0.39 is 12.7 Å². The Morgan fingerprint density at radius 1 is 1.00 bits per heavy atom. The summed E-state index contributed by atoms with van der Waals surface area (Å²) in [4.78, 5) is 1.49. The Bertz CT molecular complexity index is 333. The van der Waals surface area contributed by atoms with Crippen molar-refractivity contribution in [2.45, 2.75) is 19.0 Å². The first kappa shape index (κ1) is 11.5. The fraction of sp³-hybridized carbons (Fsp3) is 0.500. The summed E-state index contributed by atoms with van der Waals surface area (Å²) in [5.41, 5.74) is 2.37. The minimum atomic E-state index is -4.09. The molecule has 0 amide bonds. The van der Waals surface area contributed by atoms with Crippen LogP contribution in [0.25, 0.3) is 0 Å². The van der Waals surface area contributed by atoms with Gasteiger partial charge in [0.15, 0.2) is 0 Å². The predicted octanol–water partition coefficient (Wildman–Crippen LogP) is 2.65. The average Bonchev–Trinajstić information content (AvgIpc) is 2.39. The van der Waals surface area contributed by atoms with Crippen LogP contribution in [0, 0.1) is 0 Å². The molecule has 0 atom stereocenters. The van der Waals surface area contributed by atoms with Crippen molar-refractivity contribution in [2.24, 2.45) is 0 Å². The van der Waals surface area contributed by atoms with Crippen LogP contribution < -0.4 is 0 Å². The lowest BCUT2D eigenvalue weighted by Gasteiger charge is -2.20. The lowest BCUT2D eigenvalue weighted by atomic mass is 10.0. The zero-order valence-electron chi connectivity index (χ0n) is 8.93. The van der Waals surface area contributed by atoms with Crippen LogP contribution in [0.5, 0.6) is 0 Å². The van der Waals surface area contributed by atoms with E-state index in [-0.39, 0.29) is 0 Å². The van der Waals surface area contributed by atoms with E-state index in [1.54, 1.807) is 0 Å². The molecule has 0 spiro atoms. The van der Waals surface area contributed by atoms with Crippen molar-refractivity contribution in [2.75, 3.05) is 19.6 Å². The first-order valence-corrected chi connectivity index (χ1v) is 5.40. The fourth-order valence-electron chi connectivity index (χ4n) is 2.13. The molecule has 0 fully saturated rings. The molecule has 0 aromatic heterocycles. The van der Waals surface area contributed by atoms with Gasteiger partial charge < -0.3 is 0 Å². The van der Waals surface area contributed by atoms with E-state index in [9.17, 15) is 13.2 Å². The summed E-state index contributed by atoms with van der Waals surface area (Å²) in [5, 5.41) is 0. The molecule has 1 nitrogen and oxygen atoms in total. The maximum Gasteiger partial charge on any atom is 0.401 e. The van der Waals surface area contributed by atoms with Gasteiger partial charge in [-0.25, -0.2) is 0 Å². The van der Waals surface area contributed by atoms with Crippen LogP contribution in [0.1, 0.15) is 11.1 Å². The van der Waals surface area contributed by atoms with E-state index in [1.165, 1.54) is 16.0 Å². The molecule has 2 rings (SSSR count). The van der Waals surface area contributed by atoms with Crippen LogP contribution in [-0.4, -0.2) is 30.7 Å². The summed E-state index contributed by atoms with van der Waals surface area (Å²) in [7, 11) is 0. The molecule has 0 radical (unpaired) electrons. The summed E-state index contributed by atoms with van der Waals surface area (Å²) in [6.07, 6.45) is -2.66. The maximum atomic E-state index is 12.3. The molecule has 0 bridgehead atoms. The standard InChI is InChI=1S/C12H14F3N/c13-12(14,15)9-16-7-5-10-3-1-2-4-11(10)6-8-16/h1-4H,5-9H2. The number of hydrogen-bond acceptors (Lipinski definition) is 1. The summed E-state index contributed by atoms with van der Waals surface area (Å²) < 4.78 is 36.8. The van der Waals surface area contributed by atoms with Crippen LogP contribution in [0.4, 0.5) is 13.2 Å². The van der Waals surface area contributed by atoms with Gasteiger partial charge in [0.05, 0.1) is 6.54 Å². The highest BCUT2D eigenvalue weighted by Crippen LogP contribution is 2.20. The van der Waals surface area contributed by atoms with E-state index in [4.69, 9.17) is 0 Å². The number of halogens is 3. The molecule has 4 heteroatoms. The molecule has 0 N–H and O–H groups in total. The Labute approximate surface area is 92.9 Å². The SMILES string of the molecule is FC(F)(F)CN1CCc2ccccc2CC1. The Kier molecular flexibility index (Phi) is 3.19. The van der Waals surface area contributed by atoms with Gasteiger partial charge >= 0.3 is 6.18 Å². The molecule has 1 heterocycles. The second kappa shape index (κ2) is 4.45. The molecule has 1 aliphatic rings. The predicted molar refractivity (Wildman–Crippen MR) is 56.3 cm³/mol. The second-order valence-electron chi connectivity index (χ2n) is 4.16. The van der Waals surface area contributed by atoms with Crippen molar-refractivity contribution in [1.29, 1.82) is 0 Å². The van der Waals surface area contributed by atoms with Gasteiger partial charge in [-0.3, -0.25) is 4.90 Å². The highest BCUT2D eigenvalue weighted by molar-refractivity contribution is 5.28. The molecule has 0 saturated heterocycles. The van der Waals surface area contributed by atoms with E-state index >= 15 is 0 Å². The zero-order valence-corrected chi connectivity index (χ0v) is 8.93. The molecule has 88 valence electrons. The van der Waals surface area contributed by atoms with Gasteiger partial charge in [-0.15, -0.1) is 0 Å². The number of fused-ring (bicyclic) bond motifs is 1. The monoisotopic (exact) mass is 229 g/mol. The van der Waals surface area contributed by atoms with Crippen molar-refractivity contribution >= 4 is 0 Å². The van der Waals surface area contributed by atoms with Crippen LogP contribution in [0.3, 0.4) is 0 Å². The van der Waals surface area contributed by atoms with Gasteiger partial charge in [0.1, 0.15) is 0 Å². The van der Waals surface area contributed by atoms with Gasteiger partial charge in [-0.05, 0) is 24.0 Å². The van der Waals surface area contributed by atoms with Gasteiger partial charge in [-0.2, -0.15) is 13.2 Å².